The summed E-state index contributed by atoms with van der Waals surface area (Å²) in [7, 11) is 0. The van der Waals surface area contributed by atoms with Crippen LogP contribution in [0.25, 0.3) is 0 Å². The van der Waals surface area contributed by atoms with Gasteiger partial charge in [0.2, 0.25) is 0 Å². The van der Waals surface area contributed by atoms with Crippen molar-refractivity contribution in [2.45, 2.75) is 37.0 Å². The molecule has 88 valence electrons. The maximum absolute atomic E-state index is 10.3. The highest BCUT2D eigenvalue weighted by molar-refractivity contribution is 14.1. The minimum Gasteiger partial charge on any atom is -0.391 e. The van der Waals surface area contributed by atoms with E-state index in [9.17, 15) is 5.11 Å². The molecule has 1 nitrogen and oxygen atoms in total. The molecule has 1 fully saturated rings. The van der Waals surface area contributed by atoms with E-state index in [-0.39, 0.29) is 10.9 Å². The van der Waals surface area contributed by atoms with Crippen molar-refractivity contribution < 1.29 is 5.11 Å². The molecule has 1 saturated heterocycles. The largest absolute Gasteiger partial charge is 0.391 e. The molecule has 1 aliphatic rings. The van der Waals surface area contributed by atoms with Crippen molar-refractivity contribution >= 4 is 34.4 Å². The van der Waals surface area contributed by atoms with Gasteiger partial charge in [0.15, 0.2) is 0 Å². The zero-order valence-corrected chi connectivity index (χ0v) is 12.4. The first-order valence-electron chi connectivity index (χ1n) is 5.67. The Labute approximate surface area is 115 Å². The third-order valence-corrected chi connectivity index (χ3v) is 5.64. The number of aliphatic hydroxyl groups is 1. The monoisotopic (exact) mass is 348 g/mol. The van der Waals surface area contributed by atoms with Gasteiger partial charge in [-0.05, 0) is 72.2 Å². The number of hydrogen-bond acceptors (Lipinski definition) is 2. The molecule has 2 unspecified atom stereocenters. The molecule has 1 aliphatic heterocycles. The first-order chi connectivity index (χ1) is 7.60. The second-order valence-corrected chi connectivity index (χ2v) is 7.49. The van der Waals surface area contributed by atoms with Gasteiger partial charge in [0.1, 0.15) is 0 Å². The van der Waals surface area contributed by atoms with Crippen molar-refractivity contribution in [3.8, 4) is 0 Å². The molecular weight excluding hydrogens is 331 g/mol. The summed E-state index contributed by atoms with van der Waals surface area (Å²) in [5, 5.41) is 10.3. The molecule has 1 N–H and O–H groups in total. The molecule has 16 heavy (non-hydrogen) atoms. The summed E-state index contributed by atoms with van der Waals surface area (Å²) < 4.78 is 1.32. The number of thioether (sulfide) groups is 1. The lowest BCUT2D eigenvalue weighted by Gasteiger charge is -2.29. The zero-order valence-electron chi connectivity index (χ0n) is 9.45. The van der Waals surface area contributed by atoms with Gasteiger partial charge in [0.05, 0.1) is 6.10 Å². The molecule has 0 amide bonds. The minimum absolute atomic E-state index is 0.0724. The van der Waals surface area contributed by atoms with Crippen molar-refractivity contribution in [2.75, 3.05) is 5.75 Å². The van der Waals surface area contributed by atoms with Crippen LogP contribution in [-0.4, -0.2) is 21.7 Å². The highest BCUT2D eigenvalue weighted by Crippen LogP contribution is 2.41. The molecule has 1 aromatic carbocycles. The van der Waals surface area contributed by atoms with Crippen LogP contribution in [0.5, 0.6) is 0 Å². The number of benzene rings is 1. The molecular formula is C13H17IOS. The lowest BCUT2D eigenvalue weighted by molar-refractivity contribution is 0.133. The average Bonchev–Trinajstić information content (AvgIpc) is 2.70. The van der Waals surface area contributed by atoms with E-state index >= 15 is 0 Å². The average molecular weight is 348 g/mol. The number of hydrogen-bond donors (Lipinski definition) is 1. The standard InChI is InChI=1S/C13H17IOS/c1-13(7-2-8-16-13)12(15)9-10-3-5-11(14)6-4-10/h3-6,12,15H,2,7-9H2,1H3. The molecule has 0 saturated carbocycles. The topological polar surface area (TPSA) is 20.2 Å². The van der Waals surface area contributed by atoms with Crippen LogP contribution in [0.4, 0.5) is 0 Å². The second-order valence-electron chi connectivity index (χ2n) is 4.61. The smallest absolute Gasteiger partial charge is 0.0724 e. The van der Waals surface area contributed by atoms with E-state index in [2.05, 4.69) is 53.8 Å². The maximum atomic E-state index is 10.3. The fraction of sp³-hybridized carbons (Fsp3) is 0.538. The Morgan fingerprint density at radius 1 is 1.44 bits per heavy atom. The predicted molar refractivity (Wildman–Crippen MR) is 79.0 cm³/mol. The van der Waals surface area contributed by atoms with Crippen LogP contribution in [0.15, 0.2) is 24.3 Å². The Hall–Kier alpha value is 0.260. The Morgan fingerprint density at radius 3 is 2.69 bits per heavy atom. The molecule has 0 spiro atoms. The van der Waals surface area contributed by atoms with E-state index < -0.39 is 0 Å². The van der Waals surface area contributed by atoms with Crippen LogP contribution in [-0.2, 0) is 6.42 Å². The molecule has 1 heterocycles. The van der Waals surface area contributed by atoms with Gasteiger partial charge in [0, 0.05) is 8.32 Å². The van der Waals surface area contributed by atoms with Gasteiger partial charge in [-0.15, -0.1) is 0 Å². The summed E-state index contributed by atoms with van der Waals surface area (Å²) in [4.78, 5) is 0. The molecule has 3 heteroatoms. The van der Waals surface area contributed by atoms with Crippen molar-refractivity contribution in [3.05, 3.63) is 33.4 Å². The van der Waals surface area contributed by atoms with Crippen LogP contribution in [0.3, 0.4) is 0 Å². The van der Waals surface area contributed by atoms with Gasteiger partial charge in [0.25, 0.3) is 0 Å². The summed E-state index contributed by atoms with van der Waals surface area (Å²) in [6, 6.07) is 8.45. The molecule has 2 rings (SSSR count). The second kappa shape index (κ2) is 5.27. The van der Waals surface area contributed by atoms with E-state index in [0.717, 1.165) is 12.8 Å². The molecule has 0 aromatic heterocycles. The first kappa shape index (κ1) is 12.7. The van der Waals surface area contributed by atoms with E-state index in [0.29, 0.717) is 0 Å². The van der Waals surface area contributed by atoms with Crippen LogP contribution in [0.2, 0.25) is 0 Å². The van der Waals surface area contributed by atoms with E-state index in [1.807, 2.05) is 11.8 Å². The fourth-order valence-electron chi connectivity index (χ4n) is 2.12. The van der Waals surface area contributed by atoms with Crippen molar-refractivity contribution in [1.29, 1.82) is 0 Å². The summed E-state index contributed by atoms with van der Waals surface area (Å²) in [5.74, 6) is 1.19. The summed E-state index contributed by atoms with van der Waals surface area (Å²) >= 11 is 4.23. The fourth-order valence-corrected chi connectivity index (χ4v) is 3.80. The molecule has 0 bridgehead atoms. The van der Waals surface area contributed by atoms with E-state index in [1.54, 1.807) is 0 Å². The van der Waals surface area contributed by atoms with Gasteiger partial charge in [-0.1, -0.05) is 12.1 Å². The number of aliphatic hydroxyl groups excluding tert-OH is 1. The van der Waals surface area contributed by atoms with Crippen LogP contribution < -0.4 is 0 Å². The SMILES string of the molecule is CC1(C(O)Cc2ccc(I)cc2)CCCS1. The minimum atomic E-state index is -0.222. The van der Waals surface area contributed by atoms with Crippen LogP contribution >= 0.6 is 34.4 Å². The third-order valence-electron chi connectivity index (χ3n) is 3.30. The van der Waals surface area contributed by atoms with E-state index in [1.165, 1.54) is 21.3 Å². The Morgan fingerprint density at radius 2 is 2.12 bits per heavy atom. The van der Waals surface area contributed by atoms with Gasteiger partial charge in [-0.3, -0.25) is 0 Å². The lowest BCUT2D eigenvalue weighted by atomic mass is 9.93. The first-order valence-corrected chi connectivity index (χ1v) is 7.73. The molecule has 1 aromatic rings. The van der Waals surface area contributed by atoms with Gasteiger partial charge < -0.3 is 5.11 Å². The van der Waals surface area contributed by atoms with Crippen LogP contribution in [0, 0.1) is 3.57 Å². The van der Waals surface area contributed by atoms with E-state index in [4.69, 9.17) is 0 Å². The van der Waals surface area contributed by atoms with Crippen LogP contribution in [0.1, 0.15) is 25.3 Å². The Balaban J connectivity index is 2.01. The molecule has 0 aliphatic carbocycles. The molecule has 2 atom stereocenters. The van der Waals surface area contributed by atoms with Crippen molar-refractivity contribution in [3.63, 3.8) is 0 Å². The van der Waals surface area contributed by atoms with Gasteiger partial charge >= 0.3 is 0 Å². The highest BCUT2D eigenvalue weighted by Gasteiger charge is 2.36. The zero-order chi connectivity index (χ0) is 11.6. The normalized spacial score (nSPS) is 26.9. The lowest BCUT2D eigenvalue weighted by Crippen LogP contribution is -2.35. The Bertz CT molecular complexity index is 343. The van der Waals surface area contributed by atoms with Crippen molar-refractivity contribution in [1.82, 2.24) is 0 Å². The van der Waals surface area contributed by atoms with Gasteiger partial charge in [-0.25, -0.2) is 0 Å². The van der Waals surface area contributed by atoms with Crippen molar-refractivity contribution in [2.24, 2.45) is 0 Å². The summed E-state index contributed by atoms with van der Waals surface area (Å²) in [5.41, 5.74) is 1.24. The van der Waals surface area contributed by atoms with Gasteiger partial charge in [-0.2, -0.15) is 11.8 Å². The maximum Gasteiger partial charge on any atom is 0.0724 e. The predicted octanol–water partition coefficient (Wildman–Crippen LogP) is 3.48. The number of halogens is 1. The number of rotatable bonds is 3. The third kappa shape index (κ3) is 2.93. The Kier molecular flexibility index (Phi) is 4.19. The highest BCUT2D eigenvalue weighted by atomic mass is 127. The summed E-state index contributed by atoms with van der Waals surface area (Å²) in [6.45, 7) is 2.20. The molecule has 0 radical (unpaired) electrons. The summed E-state index contributed by atoms with van der Waals surface area (Å²) in [6.07, 6.45) is 2.94. The quantitative estimate of drug-likeness (QED) is 0.844.